The Hall–Kier alpha value is -2.10. The van der Waals surface area contributed by atoms with Crippen molar-refractivity contribution in [2.75, 3.05) is 19.7 Å². The smallest absolute Gasteiger partial charge is 0.328 e. The summed E-state index contributed by atoms with van der Waals surface area (Å²) in [6, 6.07) is 11.0. The first-order valence-corrected chi connectivity index (χ1v) is 12.9. The third-order valence-corrected chi connectivity index (χ3v) is 8.44. The van der Waals surface area contributed by atoms with Crippen LogP contribution >= 0.6 is 12.6 Å². The fraction of sp³-hybridized carbons (Fsp3) is 0.478. The van der Waals surface area contributed by atoms with Crippen LogP contribution in [0.15, 0.2) is 47.4 Å². The third-order valence-electron chi connectivity index (χ3n) is 6.19. The highest BCUT2D eigenvalue weighted by Crippen LogP contribution is 2.32. The summed E-state index contributed by atoms with van der Waals surface area (Å²) in [5.41, 5.74) is 0. The molecule has 1 unspecified atom stereocenters. The van der Waals surface area contributed by atoms with Crippen LogP contribution in [0, 0.1) is 0 Å². The van der Waals surface area contributed by atoms with Crippen LogP contribution in [-0.4, -0.2) is 66.5 Å². The van der Waals surface area contributed by atoms with Crippen molar-refractivity contribution in [3.05, 3.63) is 42.5 Å². The molecule has 0 bridgehead atoms. The highest BCUT2D eigenvalue weighted by atomic mass is 32.2. The van der Waals surface area contributed by atoms with Crippen molar-refractivity contribution in [1.82, 2.24) is 9.21 Å². The number of thiol groups is 1. The Morgan fingerprint density at radius 3 is 2.59 bits per heavy atom. The second-order valence-electron chi connectivity index (χ2n) is 8.28. The van der Waals surface area contributed by atoms with Gasteiger partial charge in [0, 0.05) is 18.3 Å². The van der Waals surface area contributed by atoms with Crippen LogP contribution in [0.2, 0.25) is 0 Å². The molecule has 2 aliphatic rings. The average molecular weight is 477 g/mol. The number of piperidine rings is 1. The minimum atomic E-state index is -3.92. The van der Waals surface area contributed by atoms with Crippen molar-refractivity contribution in [2.24, 2.45) is 0 Å². The lowest BCUT2D eigenvalue weighted by atomic mass is 10.0. The van der Waals surface area contributed by atoms with Crippen molar-refractivity contribution >= 4 is 45.3 Å². The van der Waals surface area contributed by atoms with Crippen LogP contribution in [0.1, 0.15) is 32.6 Å². The second kappa shape index (κ2) is 9.41. The van der Waals surface area contributed by atoms with Gasteiger partial charge in [-0.1, -0.05) is 30.3 Å². The quantitative estimate of drug-likeness (QED) is 0.530. The summed E-state index contributed by atoms with van der Waals surface area (Å²) < 4.78 is 33.6. The van der Waals surface area contributed by atoms with E-state index in [4.69, 9.17) is 4.74 Å². The maximum absolute atomic E-state index is 13.6. The van der Waals surface area contributed by atoms with Crippen LogP contribution in [0.4, 0.5) is 0 Å². The first-order valence-electron chi connectivity index (χ1n) is 11.0. The highest BCUT2D eigenvalue weighted by molar-refractivity contribution is 7.89. The molecule has 2 aromatic rings. The Kier molecular flexibility index (Phi) is 6.78. The van der Waals surface area contributed by atoms with Gasteiger partial charge in [-0.3, -0.25) is 4.79 Å². The van der Waals surface area contributed by atoms with Gasteiger partial charge in [0.25, 0.3) is 0 Å². The molecule has 2 aliphatic heterocycles. The molecule has 32 heavy (non-hydrogen) atoms. The number of hydrogen-bond donors (Lipinski definition) is 1. The molecule has 0 radical (unpaired) electrons. The molecule has 7 nitrogen and oxygen atoms in total. The first kappa shape index (κ1) is 23.1. The van der Waals surface area contributed by atoms with Crippen LogP contribution in [-0.2, 0) is 24.3 Å². The Morgan fingerprint density at radius 2 is 1.84 bits per heavy atom. The molecule has 172 valence electrons. The molecule has 0 aromatic heterocycles. The molecule has 0 aliphatic carbocycles. The van der Waals surface area contributed by atoms with Crippen molar-refractivity contribution in [3.63, 3.8) is 0 Å². The number of carbonyl (C=O) groups is 2. The predicted octanol–water partition coefficient (Wildman–Crippen LogP) is 2.85. The molecule has 0 saturated carbocycles. The summed E-state index contributed by atoms with van der Waals surface area (Å²) in [5, 5.41) is 1.50. The zero-order valence-electron chi connectivity index (χ0n) is 18.0. The summed E-state index contributed by atoms with van der Waals surface area (Å²) in [4.78, 5) is 27.7. The summed E-state index contributed by atoms with van der Waals surface area (Å²) in [5.74, 6) is -0.770. The van der Waals surface area contributed by atoms with Gasteiger partial charge in [-0.25, -0.2) is 13.2 Å². The number of carbonyl (C=O) groups excluding carboxylic acids is 2. The summed E-state index contributed by atoms with van der Waals surface area (Å²) in [6.45, 7) is 2.53. The number of nitrogens with zero attached hydrogens (tertiary/aromatic N) is 2. The van der Waals surface area contributed by atoms with E-state index in [0.717, 1.165) is 23.6 Å². The molecule has 2 aromatic carbocycles. The molecule has 4 rings (SSSR count). The average Bonchev–Trinajstić information content (AvgIpc) is 3.21. The molecule has 9 heteroatoms. The standard InChI is InChI=1S/C23H28N2O5S2/c1-2-30-23(27)20-9-5-6-12-24(20)22(26)21-14-18(31)15-25(21)32(28,29)19-11-10-16-7-3-4-8-17(16)13-19/h3-4,7-8,10-11,13,18,20-21,31H,2,5-6,9,12,14-15H2,1H3/t18-,20?,21-/m0/s1. The fourth-order valence-electron chi connectivity index (χ4n) is 4.61. The van der Waals surface area contributed by atoms with Gasteiger partial charge in [-0.15, -0.1) is 0 Å². The van der Waals surface area contributed by atoms with Gasteiger partial charge in [-0.05, 0) is 55.5 Å². The summed E-state index contributed by atoms with van der Waals surface area (Å²) in [7, 11) is -3.92. The normalized spacial score (nSPS) is 24.6. The van der Waals surface area contributed by atoms with Gasteiger partial charge in [-0.2, -0.15) is 16.9 Å². The number of hydrogen-bond acceptors (Lipinski definition) is 6. The molecule has 2 saturated heterocycles. The van der Waals surface area contributed by atoms with E-state index in [-0.39, 0.29) is 29.2 Å². The van der Waals surface area contributed by atoms with E-state index in [1.807, 2.05) is 24.3 Å². The van der Waals surface area contributed by atoms with E-state index in [0.29, 0.717) is 19.4 Å². The van der Waals surface area contributed by atoms with Crippen LogP contribution < -0.4 is 0 Å². The Balaban J connectivity index is 1.64. The van der Waals surface area contributed by atoms with Crippen molar-refractivity contribution < 1.29 is 22.7 Å². The lowest BCUT2D eigenvalue weighted by Gasteiger charge is -2.37. The maximum atomic E-state index is 13.6. The lowest BCUT2D eigenvalue weighted by molar-refractivity contribution is -0.157. The van der Waals surface area contributed by atoms with Crippen LogP contribution in [0.3, 0.4) is 0 Å². The summed E-state index contributed by atoms with van der Waals surface area (Å²) >= 11 is 4.50. The summed E-state index contributed by atoms with van der Waals surface area (Å²) in [6.07, 6.45) is 2.43. The fourth-order valence-corrected chi connectivity index (χ4v) is 6.77. The zero-order valence-corrected chi connectivity index (χ0v) is 19.7. The Labute approximate surface area is 194 Å². The highest BCUT2D eigenvalue weighted by Gasteiger charge is 2.46. The number of benzene rings is 2. The number of rotatable bonds is 5. The van der Waals surface area contributed by atoms with Gasteiger partial charge in [0.15, 0.2) is 0 Å². The van der Waals surface area contributed by atoms with E-state index in [2.05, 4.69) is 12.6 Å². The van der Waals surface area contributed by atoms with Gasteiger partial charge < -0.3 is 9.64 Å². The van der Waals surface area contributed by atoms with E-state index in [1.165, 1.54) is 9.21 Å². The second-order valence-corrected chi connectivity index (χ2v) is 10.9. The molecule has 0 N–H and O–H groups in total. The number of sulfonamides is 1. The molecular weight excluding hydrogens is 448 g/mol. The largest absolute Gasteiger partial charge is 0.464 e. The number of fused-ring (bicyclic) bond motifs is 1. The van der Waals surface area contributed by atoms with E-state index < -0.39 is 28.1 Å². The van der Waals surface area contributed by atoms with Crippen LogP contribution in [0.5, 0.6) is 0 Å². The van der Waals surface area contributed by atoms with Gasteiger partial charge in [0.2, 0.25) is 15.9 Å². The molecule has 3 atom stereocenters. The minimum Gasteiger partial charge on any atom is -0.464 e. The zero-order chi connectivity index (χ0) is 22.9. The first-order chi connectivity index (χ1) is 15.3. The van der Waals surface area contributed by atoms with E-state index in [9.17, 15) is 18.0 Å². The van der Waals surface area contributed by atoms with E-state index >= 15 is 0 Å². The SMILES string of the molecule is CCOC(=O)C1CCCCN1C(=O)[C@@H]1C[C@H](S)CN1S(=O)(=O)c1ccc2ccccc2c1. The predicted molar refractivity (Wildman–Crippen MR) is 125 cm³/mol. The molecule has 2 heterocycles. The van der Waals surface area contributed by atoms with Crippen molar-refractivity contribution in [1.29, 1.82) is 0 Å². The number of amides is 1. The Morgan fingerprint density at radius 1 is 1.09 bits per heavy atom. The van der Waals surface area contributed by atoms with Crippen molar-refractivity contribution in [3.8, 4) is 0 Å². The Bertz CT molecular complexity index is 1120. The topological polar surface area (TPSA) is 84.0 Å². The van der Waals surface area contributed by atoms with Gasteiger partial charge in [0.05, 0.1) is 11.5 Å². The molecular formula is C23H28N2O5S2. The minimum absolute atomic E-state index is 0.145. The van der Waals surface area contributed by atoms with Crippen molar-refractivity contribution in [2.45, 2.75) is 54.8 Å². The van der Waals surface area contributed by atoms with Gasteiger partial charge in [0.1, 0.15) is 12.1 Å². The van der Waals surface area contributed by atoms with Crippen LogP contribution in [0.25, 0.3) is 10.8 Å². The molecule has 0 spiro atoms. The third kappa shape index (κ3) is 4.38. The maximum Gasteiger partial charge on any atom is 0.328 e. The molecule has 2 fully saturated rings. The van der Waals surface area contributed by atoms with Gasteiger partial charge >= 0.3 is 5.97 Å². The lowest BCUT2D eigenvalue weighted by Crippen LogP contribution is -2.55. The monoisotopic (exact) mass is 476 g/mol. The van der Waals surface area contributed by atoms with E-state index in [1.54, 1.807) is 25.1 Å². The molecule has 1 amide bonds. The number of likely N-dealkylation sites (tertiary alicyclic amines) is 1. The number of esters is 1. The number of ether oxygens (including phenoxy) is 1.